The van der Waals surface area contributed by atoms with Crippen LogP contribution >= 0.6 is 15.9 Å². The Morgan fingerprint density at radius 3 is 2.33 bits per heavy atom. The highest BCUT2D eigenvalue weighted by Crippen LogP contribution is 2.29. The fourth-order valence-electron chi connectivity index (χ4n) is 1.42. The van der Waals surface area contributed by atoms with Crippen LogP contribution in [0.5, 0.6) is 11.5 Å². The normalized spacial score (nSPS) is 9.94. The minimum atomic E-state index is 0.681. The van der Waals surface area contributed by atoms with Gasteiger partial charge in [0.2, 0.25) is 0 Å². The van der Waals surface area contributed by atoms with Crippen molar-refractivity contribution >= 4 is 27.4 Å². The zero-order valence-electron chi connectivity index (χ0n) is 9.98. The molecule has 0 aliphatic heterocycles. The van der Waals surface area contributed by atoms with Crippen LogP contribution in [0.2, 0.25) is 0 Å². The number of anilines is 2. The lowest BCUT2D eigenvalue weighted by atomic mass is 10.2. The molecule has 1 heterocycles. The summed E-state index contributed by atoms with van der Waals surface area (Å²) in [7, 11) is 3.22. The number of halogens is 1. The largest absolute Gasteiger partial charge is 0.497 e. The quantitative estimate of drug-likeness (QED) is 0.941. The van der Waals surface area contributed by atoms with Crippen molar-refractivity contribution in [1.29, 1.82) is 0 Å². The number of methoxy groups -OCH3 is 2. The molecule has 0 unspecified atom stereocenters. The van der Waals surface area contributed by atoms with Crippen LogP contribution in [0.1, 0.15) is 0 Å². The van der Waals surface area contributed by atoms with E-state index in [1.165, 1.54) is 6.33 Å². The van der Waals surface area contributed by atoms with E-state index in [0.29, 0.717) is 17.3 Å². The first kappa shape index (κ1) is 12.6. The molecule has 1 N–H and O–H groups in total. The second-order valence-corrected chi connectivity index (χ2v) is 4.30. The highest BCUT2D eigenvalue weighted by atomic mass is 79.9. The maximum absolute atomic E-state index is 5.20. The average Bonchev–Trinajstić information content (AvgIpc) is 2.41. The van der Waals surface area contributed by atoms with Gasteiger partial charge in [-0.1, -0.05) is 0 Å². The maximum atomic E-state index is 5.20. The third-order valence-corrected chi connectivity index (χ3v) is 2.86. The van der Waals surface area contributed by atoms with Crippen molar-refractivity contribution in [3.63, 3.8) is 0 Å². The van der Waals surface area contributed by atoms with Crippen LogP contribution in [-0.2, 0) is 0 Å². The lowest BCUT2D eigenvalue weighted by Gasteiger charge is -2.10. The van der Waals surface area contributed by atoms with E-state index >= 15 is 0 Å². The first-order valence-corrected chi connectivity index (χ1v) is 5.98. The molecule has 1 aromatic heterocycles. The number of nitrogens with one attached hydrogen (secondary N) is 1. The number of benzene rings is 1. The Kier molecular flexibility index (Phi) is 3.99. The van der Waals surface area contributed by atoms with Crippen LogP contribution in [0, 0.1) is 0 Å². The molecule has 0 aliphatic carbocycles. The van der Waals surface area contributed by atoms with Crippen LogP contribution in [-0.4, -0.2) is 24.2 Å². The molecule has 0 radical (unpaired) electrons. The van der Waals surface area contributed by atoms with Gasteiger partial charge in [0.25, 0.3) is 0 Å². The number of hydrogen-bond acceptors (Lipinski definition) is 5. The SMILES string of the molecule is COc1cc(Nc2ncncc2Br)cc(OC)c1. The predicted molar refractivity (Wildman–Crippen MR) is 72.6 cm³/mol. The highest BCUT2D eigenvalue weighted by molar-refractivity contribution is 9.10. The first-order valence-electron chi connectivity index (χ1n) is 5.18. The summed E-state index contributed by atoms with van der Waals surface area (Å²) in [6.07, 6.45) is 3.15. The number of hydrogen-bond donors (Lipinski definition) is 1. The van der Waals surface area contributed by atoms with Gasteiger partial charge >= 0.3 is 0 Å². The first-order chi connectivity index (χ1) is 8.72. The van der Waals surface area contributed by atoms with Crippen molar-refractivity contribution in [3.8, 4) is 11.5 Å². The fraction of sp³-hybridized carbons (Fsp3) is 0.167. The van der Waals surface area contributed by atoms with Gasteiger partial charge in [-0.15, -0.1) is 0 Å². The minimum Gasteiger partial charge on any atom is -0.497 e. The lowest BCUT2D eigenvalue weighted by molar-refractivity contribution is 0.395. The molecule has 94 valence electrons. The molecule has 2 rings (SSSR count). The topological polar surface area (TPSA) is 56.3 Å². The van der Waals surface area contributed by atoms with Crippen molar-refractivity contribution in [2.75, 3.05) is 19.5 Å². The molecule has 0 amide bonds. The lowest BCUT2D eigenvalue weighted by Crippen LogP contribution is -1.96. The Morgan fingerprint density at radius 1 is 1.11 bits per heavy atom. The highest BCUT2D eigenvalue weighted by Gasteiger charge is 2.05. The molecule has 0 aliphatic rings. The summed E-state index contributed by atoms with van der Waals surface area (Å²) in [6.45, 7) is 0. The van der Waals surface area contributed by atoms with Crippen LogP contribution < -0.4 is 14.8 Å². The van der Waals surface area contributed by atoms with E-state index < -0.39 is 0 Å². The fourth-order valence-corrected chi connectivity index (χ4v) is 1.74. The van der Waals surface area contributed by atoms with Gasteiger partial charge in [-0.2, -0.15) is 0 Å². The van der Waals surface area contributed by atoms with Gasteiger partial charge in [-0.05, 0) is 15.9 Å². The zero-order valence-corrected chi connectivity index (χ0v) is 11.6. The summed E-state index contributed by atoms with van der Waals surface area (Å²) in [5, 5.41) is 3.16. The third-order valence-electron chi connectivity index (χ3n) is 2.28. The Bertz CT molecular complexity index is 526. The monoisotopic (exact) mass is 309 g/mol. The van der Waals surface area contributed by atoms with Gasteiger partial charge in [0.1, 0.15) is 23.6 Å². The van der Waals surface area contributed by atoms with Crippen molar-refractivity contribution in [3.05, 3.63) is 35.2 Å². The van der Waals surface area contributed by atoms with Gasteiger partial charge in [0, 0.05) is 30.1 Å². The molecule has 0 atom stereocenters. The molecule has 18 heavy (non-hydrogen) atoms. The molecule has 0 fully saturated rings. The summed E-state index contributed by atoms with van der Waals surface area (Å²) in [5.74, 6) is 2.10. The minimum absolute atomic E-state index is 0.681. The number of rotatable bonds is 4. The smallest absolute Gasteiger partial charge is 0.148 e. The summed E-state index contributed by atoms with van der Waals surface area (Å²) in [5.41, 5.74) is 0.825. The molecule has 0 spiro atoms. The second kappa shape index (κ2) is 5.68. The summed E-state index contributed by atoms with van der Waals surface area (Å²) in [4.78, 5) is 8.04. The van der Waals surface area contributed by atoms with Crippen LogP contribution in [0.25, 0.3) is 0 Å². The van der Waals surface area contributed by atoms with Gasteiger partial charge in [0.15, 0.2) is 0 Å². The van der Waals surface area contributed by atoms with Gasteiger partial charge in [0.05, 0.1) is 18.7 Å². The van der Waals surface area contributed by atoms with E-state index in [2.05, 4.69) is 31.2 Å². The zero-order chi connectivity index (χ0) is 13.0. The third kappa shape index (κ3) is 2.89. The molecule has 2 aromatic rings. The Balaban J connectivity index is 2.31. The van der Waals surface area contributed by atoms with E-state index in [1.54, 1.807) is 26.5 Å². The Labute approximate surface area is 113 Å². The van der Waals surface area contributed by atoms with Crippen molar-refractivity contribution in [2.24, 2.45) is 0 Å². The van der Waals surface area contributed by atoms with E-state index in [-0.39, 0.29) is 0 Å². The van der Waals surface area contributed by atoms with Gasteiger partial charge in [-0.25, -0.2) is 9.97 Å². The van der Waals surface area contributed by atoms with E-state index in [4.69, 9.17) is 9.47 Å². The summed E-state index contributed by atoms with van der Waals surface area (Å²) < 4.78 is 11.2. The molecule has 6 heteroatoms. The standard InChI is InChI=1S/C12H12BrN3O2/c1-17-9-3-8(4-10(5-9)18-2)16-12-11(13)6-14-7-15-12/h3-7H,1-2H3,(H,14,15,16). The summed E-state index contributed by atoms with van der Waals surface area (Å²) >= 11 is 3.37. The van der Waals surface area contributed by atoms with Crippen LogP contribution in [0.3, 0.4) is 0 Å². The van der Waals surface area contributed by atoms with Crippen molar-refractivity contribution in [1.82, 2.24) is 9.97 Å². The summed E-state index contributed by atoms with van der Waals surface area (Å²) in [6, 6.07) is 5.52. The van der Waals surface area contributed by atoms with Crippen LogP contribution in [0.15, 0.2) is 35.2 Å². The number of aromatic nitrogens is 2. The Hall–Kier alpha value is -1.82. The van der Waals surface area contributed by atoms with Gasteiger partial charge in [-0.3, -0.25) is 0 Å². The molecule has 5 nitrogen and oxygen atoms in total. The molecule has 0 bridgehead atoms. The molecule has 1 aromatic carbocycles. The predicted octanol–water partition coefficient (Wildman–Crippen LogP) is 3.00. The molecule has 0 saturated heterocycles. The van der Waals surface area contributed by atoms with Crippen molar-refractivity contribution in [2.45, 2.75) is 0 Å². The van der Waals surface area contributed by atoms with Crippen LogP contribution in [0.4, 0.5) is 11.5 Å². The average molecular weight is 310 g/mol. The second-order valence-electron chi connectivity index (χ2n) is 3.45. The molecular weight excluding hydrogens is 298 g/mol. The number of nitrogens with zero attached hydrogens (tertiary/aromatic N) is 2. The van der Waals surface area contributed by atoms with Gasteiger partial charge < -0.3 is 14.8 Å². The van der Waals surface area contributed by atoms with E-state index in [1.807, 2.05) is 12.1 Å². The van der Waals surface area contributed by atoms with E-state index in [9.17, 15) is 0 Å². The van der Waals surface area contributed by atoms with Crippen molar-refractivity contribution < 1.29 is 9.47 Å². The maximum Gasteiger partial charge on any atom is 0.148 e. The van der Waals surface area contributed by atoms with E-state index in [0.717, 1.165) is 10.2 Å². The molecular formula is C12H12BrN3O2. The number of ether oxygens (including phenoxy) is 2. The Morgan fingerprint density at radius 2 is 1.78 bits per heavy atom. The molecule has 0 saturated carbocycles.